The van der Waals surface area contributed by atoms with Gasteiger partial charge < -0.3 is 9.47 Å². The van der Waals surface area contributed by atoms with E-state index in [0.717, 1.165) is 131 Å². The molecule has 2 unspecified atom stereocenters. The van der Waals surface area contributed by atoms with Crippen molar-refractivity contribution >= 4 is 55.0 Å². The first-order valence-electron chi connectivity index (χ1n) is 25.8. The van der Waals surface area contributed by atoms with E-state index < -0.39 is 0 Å². The van der Waals surface area contributed by atoms with Crippen LogP contribution in [0.3, 0.4) is 0 Å². The molecule has 0 aliphatic rings. The van der Waals surface area contributed by atoms with Crippen LogP contribution in [0.2, 0.25) is 0 Å². The van der Waals surface area contributed by atoms with E-state index in [1.807, 2.05) is 0 Å². The number of hydrogen-bond acceptors (Lipinski definition) is 4. The Balaban J connectivity index is 1.63. The normalized spacial score (nSPS) is 12.7. The number of rotatable bonds is 27. The Hall–Kier alpha value is -4.70. The molecule has 64 heavy (non-hydrogen) atoms. The van der Waals surface area contributed by atoms with Gasteiger partial charge in [-0.25, -0.2) is 0 Å². The Labute approximate surface area is 385 Å². The monoisotopic (exact) mass is 863 g/mol. The van der Waals surface area contributed by atoms with Crippen LogP contribution in [-0.2, 0) is 22.4 Å². The second kappa shape index (κ2) is 25.1. The zero-order chi connectivity index (χ0) is 45.3. The molecule has 6 aromatic rings. The molecule has 0 aliphatic heterocycles. The third-order valence-corrected chi connectivity index (χ3v) is 13.8. The van der Waals surface area contributed by atoms with Crippen molar-refractivity contribution in [2.75, 3.05) is 0 Å². The zero-order valence-electron chi connectivity index (χ0n) is 40.4. The summed E-state index contributed by atoms with van der Waals surface area (Å²) >= 11 is 0. The van der Waals surface area contributed by atoms with E-state index in [9.17, 15) is 9.59 Å². The Morgan fingerprint density at radius 2 is 0.734 bits per heavy atom. The van der Waals surface area contributed by atoms with Gasteiger partial charge in [-0.2, -0.15) is 0 Å². The zero-order valence-corrected chi connectivity index (χ0v) is 40.4. The first-order valence-corrected chi connectivity index (χ1v) is 25.8. The third-order valence-electron chi connectivity index (χ3n) is 13.8. The van der Waals surface area contributed by atoms with Crippen molar-refractivity contribution in [3.8, 4) is 22.6 Å². The molecule has 0 aromatic heterocycles. The summed E-state index contributed by atoms with van der Waals surface area (Å²) in [5.41, 5.74) is 4.87. The molecule has 0 fully saturated rings. The quantitative estimate of drug-likeness (QED) is 0.0224. The van der Waals surface area contributed by atoms with Crippen LogP contribution in [0.5, 0.6) is 11.5 Å². The van der Waals surface area contributed by atoms with Crippen molar-refractivity contribution in [2.45, 2.75) is 183 Å². The topological polar surface area (TPSA) is 52.6 Å². The van der Waals surface area contributed by atoms with E-state index in [-0.39, 0.29) is 23.8 Å². The summed E-state index contributed by atoms with van der Waals surface area (Å²) in [5, 5.41) is 8.08. The highest BCUT2D eigenvalue weighted by atomic mass is 16.5. The number of hydrogen-bond donors (Lipinski definition) is 0. The van der Waals surface area contributed by atoms with E-state index in [1.54, 1.807) is 0 Å². The van der Waals surface area contributed by atoms with Gasteiger partial charge >= 0.3 is 11.9 Å². The molecule has 0 saturated heterocycles. The molecular formula is C60H78O4. The number of carbonyl (C=O) groups is 2. The number of benzene rings is 6. The molecule has 6 aromatic carbocycles. The van der Waals surface area contributed by atoms with Crippen molar-refractivity contribution in [1.29, 1.82) is 0 Å². The lowest BCUT2D eigenvalue weighted by atomic mass is 9.84. The van der Waals surface area contributed by atoms with E-state index in [4.69, 9.17) is 9.47 Å². The lowest BCUT2D eigenvalue weighted by Crippen LogP contribution is -2.20. The summed E-state index contributed by atoms with van der Waals surface area (Å²) in [6.07, 6.45) is 24.2. The van der Waals surface area contributed by atoms with Gasteiger partial charge in [-0.1, -0.05) is 216 Å². The minimum absolute atomic E-state index is 0.142. The fraction of sp³-hybridized carbons (Fsp3) is 0.500. The molecule has 0 aliphatic carbocycles. The summed E-state index contributed by atoms with van der Waals surface area (Å²) in [5.74, 6) is 0.724. The molecule has 6 rings (SSSR count). The standard InChI is InChI=1S/C60H78O4/c1-7-13-17-19-21-23-29-43-37-39-51-53(41-43)55(47-33-25-27-35-49(47)57(51)63-59(61)45(11-5)31-15-9-3)56-48-34-26-28-36-50(48)58(64-60(62)46(12-6)32-16-10-4)52-40-38-44(42-54(52)56)30-24-22-20-18-14-8-2/h25-28,33-42,45-46H,7-24,29-32H2,1-6H3. The Morgan fingerprint density at radius 3 is 1.11 bits per heavy atom. The Kier molecular flexibility index (Phi) is 19.1. The maximum absolute atomic E-state index is 14.1. The van der Waals surface area contributed by atoms with Crippen LogP contribution < -0.4 is 9.47 Å². The maximum atomic E-state index is 14.1. The molecule has 0 N–H and O–H groups in total. The van der Waals surface area contributed by atoms with Crippen LogP contribution in [0, 0.1) is 11.8 Å². The highest BCUT2D eigenvalue weighted by molar-refractivity contribution is 6.27. The molecule has 342 valence electrons. The minimum Gasteiger partial charge on any atom is -0.425 e. The molecule has 0 radical (unpaired) electrons. The molecule has 0 bridgehead atoms. The highest BCUT2D eigenvalue weighted by Gasteiger charge is 2.27. The first kappa shape index (κ1) is 48.7. The fourth-order valence-corrected chi connectivity index (χ4v) is 9.91. The van der Waals surface area contributed by atoms with Crippen LogP contribution in [0.4, 0.5) is 0 Å². The van der Waals surface area contributed by atoms with E-state index in [2.05, 4.69) is 126 Å². The van der Waals surface area contributed by atoms with Crippen molar-refractivity contribution in [2.24, 2.45) is 11.8 Å². The van der Waals surface area contributed by atoms with Gasteiger partial charge in [-0.3, -0.25) is 9.59 Å². The predicted octanol–water partition coefficient (Wildman–Crippen LogP) is 18.0. The molecular weight excluding hydrogens is 785 g/mol. The first-order chi connectivity index (χ1) is 31.4. The van der Waals surface area contributed by atoms with Crippen molar-refractivity contribution in [3.05, 3.63) is 96.1 Å². The lowest BCUT2D eigenvalue weighted by Gasteiger charge is -2.23. The van der Waals surface area contributed by atoms with Crippen LogP contribution in [-0.4, -0.2) is 11.9 Å². The lowest BCUT2D eigenvalue weighted by molar-refractivity contribution is -0.140. The van der Waals surface area contributed by atoms with E-state index >= 15 is 0 Å². The molecule has 0 heterocycles. The van der Waals surface area contributed by atoms with Gasteiger partial charge in [0.05, 0.1) is 11.8 Å². The molecule has 2 atom stereocenters. The van der Waals surface area contributed by atoms with Crippen LogP contribution >= 0.6 is 0 Å². The number of ether oxygens (including phenoxy) is 2. The smallest absolute Gasteiger partial charge is 0.314 e. The second-order valence-electron chi connectivity index (χ2n) is 18.6. The van der Waals surface area contributed by atoms with Crippen LogP contribution in [0.25, 0.3) is 54.2 Å². The van der Waals surface area contributed by atoms with Crippen molar-refractivity contribution in [3.63, 3.8) is 0 Å². The number of carbonyl (C=O) groups excluding carboxylic acids is 2. The number of esters is 2. The Morgan fingerprint density at radius 1 is 0.391 bits per heavy atom. The van der Waals surface area contributed by atoms with Crippen molar-refractivity contribution in [1.82, 2.24) is 0 Å². The number of aryl methyl sites for hydroxylation is 2. The summed E-state index contributed by atoms with van der Waals surface area (Å²) in [7, 11) is 0. The molecule has 0 saturated carbocycles. The Bertz CT molecular complexity index is 2270. The SMILES string of the molecule is CCCCCCCCc1ccc2c(OC(=O)C(CC)CCCC)c3ccccc3c(-c3c4ccccc4c(OC(=O)C(CC)CCCC)c4ccc(CCCCCCCC)cc34)c2c1. The number of unbranched alkanes of at least 4 members (excludes halogenated alkanes) is 12. The summed E-state index contributed by atoms with van der Waals surface area (Å²) < 4.78 is 13.3. The number of fused-ring (bicyclic) bond motifs is 4. The largest absolute Gasteiger partial charge is 0.425 e. The van der Waals surface area contributed by atoms with Gasteiger partial charge in [0.2, 0.25) is 0 Å². The predicted molar refractivity (Wildman–Crippen MR) is 274 cm³/mol. The maximum Gasteiger partial charge on any atom is 0.314 e. The summed E-state index contributed by atoms with van der Waals surface area (Å²) in [6, 6.07) is 30.8. The average molecular weight is 863 g/mol. The summed E-state index contributed by atoms with van der Waals surface area (Å²) in [4.78, 5) is 28.3. The molecule has 0 spiro atoms. The summed E-state index contributed by atoms with van der Waals surface area (Å²) in [6.45, 7) is 13.1. The molecule has 4 heteroatoms. The van der Waals surface area contributed by atoms with Crippen molar-refractivity contribution < 1.29 is 19.1 Å². The van der Waals surface area contributed by atoms with Gasteiger partial charge in [0, 0.05) is 21.5 Å². The van der Waals surface area contributed by atoms with E-state index in [0.29, 0.717) is 11.5 Å². The van der Waals surface area contributed by atoms with Gasteiger partial charge in [0.1, 0.15) is 11.5 Å². The second-order valence-corrected chi connectivity index (χ2v) is 18.6. The van der Waals surface area contributed by atoms with Gasteiger partial charge in [-0.15, -0.1) is 0 Å². The minimum atomic E-state index is -0.150. The highest BCUT2D eigenvalue weighted by Crippen LogP contribution is 2.50. The molecule has 4 nitrogen and oxygen atoms in total. The average Bonchev–Trinajstić information content (AvgIpc) is 3.32. The molecule has 0 amide bonds. The van der Waals surface area contributed by atoms with E-state index in [1.165, 1.54) is 75.3 Å². The van der Waals surface area contributed by atoms with Crippen LogP contribution in [0.15, 0.2) is 84.9 Å². The van der Waals surface area contributed by atoms with Gasteiger partial charge in [0.25, 0.3) is 0 Å². The van der Waals surface area contributed by atoms with Gasteiger partial charge in [0.15, 0.2) is 0 Å². The van der Waals surface area contributed by atoms with Crippen LogP contribution in [0.1, 0.15) is 181 Å². The fourth-order valence-electron chi connectivity index (χ4n) is 9.91. The third kappa shape index (κ3) is 11.9. The van der Waals surface area contributed by atoms with Gasteiger partial charge in [-0.05, 0) is 95.2 Å².